The van der Waals surface area contributed by atoms with Crippen molar-refractivity contribution in [3.8, 4) is 0 Å². The Morgan fingerprint density at radius 1 is 1.40 bits per heavy atom. The van der Waals surface area contributed by atoms with E-state index in [-0.39, 0.29) is 5.54 Å². The van der Waals surface area contributed by atoms with Gasteiger partial charge in [-0.1, -0.05) is 6.07 Å². The summed E-state index contributed by atoms with van der Waals surface area (Å²) in [5.41, 5.74) is 0.652. The van der Waals surface area contributed by atoms with Gasteiger partial charge >= 0.3 is 0 Å². The standard InChI is InChI=1S/C11H15N3O/c1-11(2)7-15-10(14-11)8-5-4-6-9(12-3)13-8/h4-6H,7H2,1-3H3,(H,12,13). The van der Waals surface area contributed by atoms with Gasteiger partial charge in [0.15, 0.2) is 0 Å². The minimum atomic E-state index is -0.132. The zero-order valence-corrected chi connectivity index (χ0v) is 9.24. The Labute approximate surface area is 89.4 Å². The van der Waals surface area contributed by atoms with Crippen LogP contribution in [0.1, 0.15) is 19.5 Å². The van der Waals surface area contributed by atoms with Crippen molar-refractivity contribution in [2.45, 2.75) is 19.4 Å². The van der Waals surface area contributed by atoms with Crippen LogP contribution >= 0.6 is 0 Å². The third kappa shape index (κ3) is 2.09. The van der Waals surface area contributed by atoms with Crippen molar-refractivity contribution in [3.05, 3.63) is 23.9 Å². The van der Waals surface area contributed by atoms with Crippen LogP contribution in [0.3, 0.4) is 0 Å². The van der Waals surface area contributed by atoms with Gasteiger partial charge in [0.05, 0.1) is 5.54 Å². The van der Waals surface area contributed by atoms with Gasteiger partial charge in [-0.15, -0.1) is 0 Å². The van der Waals surface area contributed by atoms with E-state index in [9.17, 15) is 0 Å². The number of aromatic nitrogens is 1. The number of aliphatic imine (C=N–C) groups is 1. The SMILES string of the molecule is CNc1cccc(C2=NC(C)(C)CO2)n1. The fraction of sp³-hybridized carbons (Fsp3) is 0.455. The van der Waals surface area contributed by atoms with Gasteiger partial charge in [0.1, 0.15) is 18.1 Å². The molecule has 0 aromatic carbocycles. The van der Waals surface area contributed by atoms with Crippen LogP contribution in [0.25, 0.3) is 0 Å². The molecule has 80 valence electrons. The number of pyridine rings is 1. The van der Waals surface area contributed by atoms with Crippen molar-refractivity contribution >= 4 is 11.7 Å². The number of nitrogens with one attached hydrogen (secondary N) is 1. The highest BCUT2D eigenvalue weighted by Crippen LogP contribution is 2.20. The first kappa shape index (κ1) is 9.96. The molecular weight excluding hydrogens is 190 g/mol. The van der Waals surface area contributed by atoms with E-state index in [1.54, 1.807) is 0 Å². The van der Waals surface area contributed by atoms with Gasteiger partial charge in [-0.25, -0.2) is 9.98 Å². The molecule has 2 rings (SSSR count). The minimum Gasteiger partial charge on any atom is -0.474 e. The molecule has 0 spiro atoms. The zero-order valence-electron chi connectivity index (χ0n) is 9.24. The molecule has 0 atom stereocenters. The van der Waals surface area contributed by atoms with Crippen LogP contribution in [0.15, 0.2) is 23.2 Å². The van der Waals surface area contributed by atoms with Gasteiger partial charge in [0.2, 0.25) is 5.90 Å². The van der Waals surface area contributed by atoms with E-state index < -0.39 is 0 Å². The van der Waals surface area contributed by atoms with Crippen LogP contribution in [0.4, 0.5) is 5.82 Å². The van der Waals surface area contributed by atoms with E-state index in [0.29, 0.717) is 12.5 Å². The summed E-state index contributed by atoms with van der Waals surface area (Å²) in [6.45, 7) is 4.71. The fourth-order valence-corrected chi connectivity index (χ4v) is 1.41. The maximum absolute atomic E-state index is 5.51. The van der Waals surface area contributed by atoms with Gasteiger partial charge in [0.25, 0.3) is 0 Å². The average molecular weight is 205 g/mol. The van der Waals surface area contributed by atoms with E-state index in [0.717, 1.165) is 11.5 Å². The topological polar surface area (TPSA) is 46.5 Å². The highest BCUT2D eigenvalue weighted by molar-refractivity contribution is 5.93. The zero-order chi connectivity index (χ0) is 10.9. The molecule has 0 unspecified atom stereocenters. The Hall–Kier alpha value is -1.58. The predicted octanol–water partition coefficient (Wildman–Crippen LogP) is 1.68. The average Bonchev–Trinajstić information content (AvgIpc) is 2.59. The summed E-state index contributed by atoms with van der Waals surface area (Å²) in [7, 11) is 1.84. The van der Waals surface area contributed by atoms with Crippen molar-refractivity contribution in [3.63, 3.8) is 0 Å². The number of rotatable bonds is 2. The second kappa shape index (κ2) is 3.53. The Morgan fingerprint density at radius 2 is 2.20 bits per heavy atom. The molecule has 0 saturated carbocycles. The van der Waals surface area contributed by atoms with Gasteiger partial charge < -0.3 is 10.1 Å². The van der Waals surface area contributed by atoms with Crippen molar-refractivity contribution < 1.29 is 4.74 Å². The smallest absolute Gasteiger partial charge is 0.236 e. The second-order valence-electron chi connectivity index (χ2n) is 4.18. The predicted molar refractivity (Wildman–Crippen MR) is 60.4 cm³/mol. The summed E-state index contributed by atoms with van der Waals surface area (Å²) in [4.78, 5) is 8.84. The first-order valence-electron chi connectivity index (χ1n) is 4.98. The Bertz CT molecular complexity index is 399. The van der Waals surface area contributed by atoms with Crippen molar-refractivity contribution in [1.82, 2.24) is 4.98 Å². The molecule has 0 amide bonds. The number of nitrogens with zero attached hydrogens (tertiary/aromatic N) is 2. The number of hydrogen-bond donors (Lipinski definition) is 1. The van der Waals surface area contributed by atoms with Crippen LogP contribution in [0, 0.1) is 0 Å². The maximum atomic E-state index is 5.51. The maximum Gasteiger partial charge on any atom is 0.236 e. The molecule has 0 fully saturated rings. The molecule has 1 aromatic heterocycles. The minimum absolute atomic E-state index is 0.132. The lowest BCUT2D eigenvalue weighted by Gasteiger charge is -2.07. The molecule has 15 heavy (non-hydrogen) atoms. The molecule has 4 heteroatoms. The van der Waals surface area contributed by atoms with Crippen molar-refractivity contribution in [2.75, 3.05) is 19.0 Å². The van der Waals surface area contributed by atoms with E-state index >= 15 is 0 Å². The van der Waals surface area contributed by atoms with E-state index in [1.807, 2.05) is 39.1 Å². The molecule has 0 bridgehead atoms. The summed E-state index contributed by atoms with van der Waals surface area (Å²) in [5.74, 6) is 1.46. The molecule has 0 radical (unpaired) electrons. The monoisotopic (exact) mass is 205 g/mol. The summed E-state index contributed by atoms with van der Waals surface area (Å²) < 4.78 is 5.51. The summed E-state index contributed by atoms with van der Waals surface area (Å²) >= 11 is 0. The normalized spacial score (nSPS) is 18.2. The Balaban J connectivity index is 2.31. The van der Waals surface area contributed by atoms with E-state index in [2.05, 4.69) is 15.3 Å². The Kier molecular flexibility index (Phi) is 2.34. The quantitative estimate of drug-likeness (QED) is 0.799. The van der Waals surface area contributed by atoms with Crippen LogP contribution in [0.5, 0.6) is 0 Å². The lowest BCUT2D eigenvalue weighted by atomic mass is 10.1. The molecule has 1 aliphatic heterocycles. The van der Waals surface area contributed by atoms with Gasteiger partial charge in [-0.3, -0.25) is 0 Å². The highest BCUT2D eigenvalue weighted by atomic mass is 16.5. The lowest BCUT2D eigenvalue weighted by molar-refractivity contribution is 0.279. The number of hydrogen-bond acceptors (Lipinski definition) is 4. The largest absolute Gasteiger partial charge is 0.474 e. The summed E-state index contributed by atoms with van der Waals surface area (Å²) in [6, 6.07) is 5.75. The molecular formula is C11H15N3O. The second-order valence-corrected chi connectivity index (χ2v) is 4.18. The van der Waals surface area contributed by atoms with Crippen LogP contribution in [0.2, 0.25) is 0 Å². The van der Waals surface area contributed by atoms with Crippen LogP contribution in [-0.4, -0.2) is 30.1 Å². The fourth-order valence-electron chi connectivity index (χ4n) is 1.41. The molecule has 1 aromatic rings. The third-order valence-corrected chi connectivity index (χ3v) is 2.19. The summed E-state index contributed by atoms with van der Waals surface area (Å²) in [6.07, 6.45) is 0. The molecule has 0 saturated heterocycles. The molecule has 4 nitrogen and oxygen atoms in total. The van der Waals surface area contributed by atoms with Crippen LogP contribution < -0.4 is 5.32 Å². The first-order chi connectivity index (χ1) is 7.11. The van der Waals surface area contributed by atoms with Crippen molar-refractivity contribution in [1.29, 1.82) is 0 Å². The summed E-state index contributed by atoms with van der Waals surface area (Å²) in [5, 5.41) is 2.99. The van der Waals surface area contributed by atoms with Crippen LogP contribution in [-0.2, 0) is 4.74 Å². The van der Waals surface area contributed by atoms with Crippen molar-refractivity contribution in [2.24, 2.45) is 4.99 Å². The number of anilines is 1. The lowest BCUT2D eigenvalue weighted by Crippen LogP contribution is -2.17. The molecule has 2 heterocycles. The van der Waals surface area contributed by atoms with Gasteiger partial charge in [0, 0.05) is 7.05 Å². The van der Waals surface area contributed by atoms with E-state index in [4.69, 9.17) is 4.74 Å². The highest BCUT2D eigenvalue weighted by Gasteiger charge is 2.27. The Morgan fingerprint density at radius 3 is 2.80 bits per heavy atom. The van der Waals surface area contributed by atoms with E-state index in [1.165, 1.54) is 0 Å². The van der Waals surface area contributed by atoms with Gasteiger partial charge in [-0.2, -0.15) is 0 Å². The number of ether oxygens (including phenoxy) is 1. The molecule has 1 N–H and O–H groups in total. The van der Waals surface area contributed by atoms with Gasteiger partial charge in [-0.05, 0) is 26.0 Å². The molecule has 1 aliphatic rings. The third-order valence-electron chi connectivity index (χ3n) is 2.19. The molecule has 0 aliphatic carbocycles. The first-order valence-corrected chi connectivity index (χ1v) is 4.98.